The van der Waals surface area contributed by atoms with E-state index in [1.54, 1.807) is 0 Å². The van der Waals surface area contributed by atoms with Gasteiger partial charge in [0.05, 0.1) is 5.52 Å². The standard InChI is InChI=1S/C37H32N4/c1-36(2)23-37(3,4)31-22-28(19-20-30(31)36)35-40-33(26-10-6-5-7-11-26)39-34(41-35)27-17-15-24(16-18-27)29-14-8-12-25-13-9-21-38-32(25)29/h5-22H,23H2,1-4H3. The molecule has 0 N–H and O–H groups in total. The van der Waals surface area contributed by atoms with E-state index in [0.717, 1.165) is 45.1 Å². The molecule has 0 saturated carbocycles. The lowest BCUT2D eigenvalue weighted by Crippen LogP contribution is -2.17. The molecule has 2 aromatic heterocycles. The van der Waals surface area contributed by atoms with E-state index in [9.17, 15) is 0 Å². The Morgan fingerprint density at radius 3 is 1.83 bits per heavy atom. The number of para-hydroxylation sites is 1. The van der Waals surface area contributed by atoms with Crippen molar-refractivity contribution in [3.05, 3.63) is 120 Å². The molecule has 1 aliphatic rings. The normalized spacial score (nSPS) is 15.1. The van der Waals surface area contributed by atoms with Crippen LogP contribution >= 0.6 is 0 Å². The van der Waals surface area contributed by atoms with Crippen LogP contribution in [0.25, 0.3) is 56.2 Å². The second-order valence-corrected chi connectivity index (χ2v) is 12.3. The van der Waals surface area contributed by atoms with Crippen molar-refractivity contribution in [2.45, 2.75) is 44.9 Å². The molecule has 0 bridgehead atoms. The lowest BCUT2D eigenvalue weighted by Gasteiger charge is -2.22. The van der Waals surface area contributed by atoms with Crippen LogP contribution in [0.5, 0.6) is 0 Å². The molecule has 0 radical (unpaired) electrons. The molecule has 0 atom stereocenters. The van der Waals surface area contributed by atoms with E-state index in [1.165, 1.54) is 11.1 Å². The Labute approximate surface area is 241 Å². The van der Waals surface area contributed by atoms with Gasteiger partial charge in [-0.25, -0.2) is 15.0 Å². The van der Waals surface area contributed by atoms with Crippen LogP contribution in [-0.4, -0.2) is 19.9 Å². The van der Waals surface area contributed by atoms with Gasteiger partial charge in [0.2, 0.25) is 0 Å². The minimum Gasteiger partial charge on any atom is -0.256 e. The Balaban J connectivity index is 1.34. The van der Waals surface area contributed by atoms with Gasteiger partial charge in [0.15, 0.2) is 17.5 Å². The fourth-order valence-corrected chi connectivity index (χ4v) is 6.62. The molecule has 4 aromatic carbocycles. The van der Waals surface area contributed by atoms with Gasteiger partial charge in [-0.15, -0.1) is 0 Å². The van der Waals surface area contributed by atoms with Crippen LogP contribution in [0.1, 0.15) is 45.2 Å². The topological polar surface area (TPSA) is 51.6 Å². The van der Waals surface area contributed by atoms with Gasteiger partial charge in [-0.2, -0.15) is 0 Å². The van der Waals surface area contributed by atoms with Crippen molar-refractivity contribution in [2.24, 2.45) is 0 Å². The number of hydrogen-bond acceptors (Lipinski definition) is 4. The maximum absolute atomic E-state index is 5.03. The van der Waals surface area contributed by atoms with Gasteiger partial charge in [-0.1, -0.05) is 119 Å². The summed E-state index contributed by atoms with van der Waals surface area (Å²) in [7, 11) is 0. The minimum atomic E-state index is 0.0965. The summed E-state index contributed by atoms with van der Waals surface area (Å²) in [6.45, 7) is 9.36. The van der Waals surface area contributed by atoms with Gasteiger partial charge in [0.25, 0.3) is 0 Å². The quantitative estimate of drug-likeness (QED) is 0.227. The minimum absolute atomic E-state index is 0.0965. The van der Waals surface area contributed by atoms with Crippen LogP contribution < -0.4 is 0 Å². The zero-order valence-corrected chi connectivity index (χ0v) is 23.9. The highest BCUT2D eigenvalue weighted by atomic mass is 15.0. The summed E-state index contributed by atoms with van der Waals surface area (Å²) < 4.78 is 0. The summed E-state index contributed by atoms with van der Waals surface area (Å²) in [6, 6.07) is 35.7. The van der Waals surface area contributed by atoms with E-state index < -0.39 is 0 Å². The maximum atomic E-state index is 5.03. The highest BCUT2D eigenvalue weighted by Crippen LogP contribution is 2.50. The van der Waals surface area contributed by atoms with Gasteiger partial charge in [0.1, 0.15) is 0 Å². The number of pyridine rings is 1. The van der Waals surface area contributed by atoms with Gasteiger partial charge in [0, 0.05) is 33.8 Å². The molecule has 1 aliphatic carbocycles. The lowest BCUT2D eigenvalue weighted by atomic mass is 9.82. The van der Waals surface area contributed by atoms with E-state index in [1.807, 2.05) is 42.6 Å². The van der Waals surface area contributed by atoms with Gasteiger partial charge >= 0.3 is 0 Å². The average Bonchev–Trinajstić information content (AvgIpc) is 3.19. The van der Waals surface area contributed by atoms with E-state index in [2.05, 4.69) is 99.4 Å². The molecule has 0 amide bonds. The smallest absolute Gasteiger partial charge is 0.164 e. The fraction of sp³-hybridized carbons (Fsp3) is 0.189. The van der Waals surface area contributed by atoms with Crippen LogP contribution in [0, 0.1) is 0 Å². The zero-order valence-electron chi connectivity index (χ0n) is 23.9. The highest BCUT2D eigenvalue weighted by molar-refractivity contribution is 5.93. The van der Waals surface area contributed by atoms with E-state index in [0.29, 0.717) is 17.5 Å². The lowest BCUT2D eigenvalue weighted by molar-refractivity contribution is 0.403. The number of benzene rings is 4. The number of nitrogens with zero attached hydrogens (tertiary/aromatic N) is 4. The van der Waals surface area contributed by atoms with E-state index in [-0.39, 0.29) is 10.8 Å². The molecule has 7 rings (SSSR count). The molecule has 41 heavy (non-hydrogen) atoms. The monoisotopic (exact) mass is 532 g/mol. The second kappa shape index (κ2) is 9.45. The molecule has 2 heterocycles. The molecule has 200 valence electrons. The van der Waals surface area contributed by atoms with Crippen LogP contribution in [0.2, 0.25) is 0 Å². The van der Waals surface area contributed by atoms with Gasteiger partial charge in [-0.3, -0.25) is 4.98 Å². The Morgan fingerprint density at radius 1 is 0.512 bits per heavy atom. The van der Waals surface area contributed by atoms with Crippen molar-refractivity contribution in [2.75, 3.05) is 0 Å². The summed E-state index contributed by atoms with van der Waals surface area (Å²) in [5.74, 6) is 2.03. The molecular weight excluding hydrogens is 500 g/mol. The molecular formula is C37H32N4. The predicted octanol–water partition coefficient (Wildman–Crippen LogP) is 9.05. The van der Waals surface area contributed by atoms with E-state index in [4.69, 9.17) is 15.0 Å². The first-order valence-electron chi connectivity index (χ1n) is 14.2. The van der Waals surface area contributed by atoms with Crippen LogP contribution in [0.4, 0.5) is 0 Å². The summed E-state index contributed by atoms with van der Waals surface area (Å²) in [5, 5.41) is 1.13. The Kier molecular flexibility index (Phi) is 5.83. The summed E-state index contributed by atoms with van der Waals surface area (Å²) in [5.41, 5.74) is 9.21. The van der Waals surface area contributed by atoms with Crippen molar-refractivity contribution in [3.63, 3.8) is 0 Å². The molecule has 0 saturated heterocycles. The zero-order chi connectivity index (χ0) is 28.2. The largest absolute Gasteiger partial charge is 0.256 e. The number of hydrogen-bond donors (Lipinski definition) is 0. The van der Waals surface area contributed by atoms with Crippen LogP contribution in [0.15, 0.2) is 109 Å². The van der Waals surface area contributed by atoms with Crippen LogP contribution in [0.3, 0.4) is 0 Å². The van der Waals surface area contributed by atoms with Crippen molar-refractivity contribution in [3.8, 4) is 45.3 Å². The first-order valence-corrected chi connectivity index (χ1v) is 14.2. The summed E-state index contributed by atoms with van der Waals surface area (Å²) in [6.07, 6.45) is 2.97. The fourth-order valence-electron chi connectivity index (χ4n) is 6.62. The third-order valence-corrected chi connectivity index (χ3v) is 8.37. The number of fused-ring (bicyclic) bond motifs is 2. The summed E-state index contributed by atoms with van der Waals surface area (Å²) >= 11 is 0. The van der Waals surface area contributed by atoms with Crippen molar-refractivity contribution in [1.29, 1.82) is 0 Å². The van der Waals surface area contributed by atoms with Crippen molar-refractivity contribution < 1.29 is 0 Å². The Morgan fingerprint density at radius 2 is 1.10 bits per heavy atom. The summed E-state index contributed by atoms with van der Waals surface area (Å²) in [4.78, 5) is 19.6. The second-order valence-electron chi connectivity index (χ2n) is 12.3. The van der Waals surface area contributed by atoms with Crippen molar-refractivity contribution in [1.82, 2.24) is 19.9 Å². The third-order valence-electron chi connectivity index (χ3n) is 8.37. The van der Waals surface area contributed by atoms with Crippen molar-refractivity contribution >= 4 is 10.9 Å². The predicted molar refractivity (Wildman–Crippen MR) is 168 cm³/mol. The molecule has 0 aliphatic heterocycles. The Bertz CT molecular complexity index is 1900. The SMILES string of the molecule is CC1(C)CC(C)(C)c2cc(-c3nc(-c4ccccc4)nc(-c4ccc(-c5cccc6cccnc56)cc4)n3)ccc21. The first-order chi connectivity index (χ1) is 19.8. The molecule has 4 heteroatoms. The molecule has 6 aromatic rings. The third kappa shape index (κ3) is 4.50. The Hall–Kier alpha value is -4.70. The molecule has 0 unspecified atom stereocenters. The average molecular weight is 533 g/mol. The van der Waals surface area contributed by atoms with Gasteiger partial charge < -0.3 is 0 Å². The molecule has 4 nitrogen and oxygen atoms in total. The maximum Gasteiger partial charge on any atom is 0.164 e. The number of rotatable bonds is 4. The molecule has 0 spiro atoms. The van der Waals surface area contributed by atoms with Gasteiger partial charge in [-0.05, 0) is 46.1 Å². The molecule has 0 fully saturated rings. The van der Waals surface area contributed by atoms with E-state index >= 15 is 0 Å². The number of aromatic nitrogens is 4. The highest BCUT2D eigenvalue weighted by Gasteiger charge is 2.41. The van der Waals surface area contributed by atoms with Crippen LogP contribution in [-0.2, 0) is 10.8 Å². The first kappa shape index (κ1) is 25.3.